The molecule has 28 heavy (non-hydrogen) atoms. The summed E-state index contributed by atoms with van der Waals surface area (Å²) in [6.45, 7) is 1.79. The van der Waals surface area contributed by atoms with Gasteiger partial charge in [0.05, 0.1) is 24.2 Å². The Hall–Kier alpha value is -3.19. The van der Waals surface area contributed by atoms with Crippen molar-refractivity contribution in [3.8, 4) is 17.1 Å². The minimum atomic E-state index is 0.569. The maximum Gasteiger partial charge on any atom is 0.225 e. The second-order valence-corrected chi connectivity index (χ2v) is 6.59. The Kier molecular flexibility index (Phi) is 6.75. The van der Waals surface area contributed by atoms with Crippen molar-refractivity contribution in [3.63, 3.8) is 0 Å². The second-order valence-electron chi connectivity index (χ2n) is 6.59. The SMILES string of the molecule is COc1ccccc1Nc1cc(-c2ccccn2)nc(NCCCN(C)C)n1. The lowest BCUT2D eigenvalue weighted by Gasteiger charge is -2.14. The third-order valence-electron chi connectivity index (χ3n) is 4.09. The number of nitrogens with zero attached hydrogens (tertiary/aromatic N) is 4. The largest absolute Gasteiger partial charge is 0.495 e. The van der Waals surface area contributed by atoms with E-state index in [-0.39, 0.29) is 0 Å². The van der Waals surface area contributed by atoms with Crippen LogP contribution in [0.15, 0.2) is 54.7 Å². The molecule has 2 heterocycles. The van der Waals surface area contributed by atoms with Gasteiger partial charge in [0.25, 0.3) is 0 Å². The van der Waals surface area contributed by atoms with Crippen molar-refractivity contribution in [3.05, 3.63) is 54.7 Å². The number of benzene rings is 1. The maximum absolute atomic E-state index is 5.43. The lowest BCUT2D eigenvalue weighted by atomic mass is 10.2. The topological polar surface area (TPSA) is 75.2 Å². The summed E-state index contributed by atoms with van der Waals surface area (Å²) in [6.07, 6.45) is 2.76. The van der Waals surface area contributed by atoms with Crippen LogP contribution in [0.5, 0.6) is 5.75 Å². The molecule has 0 aliphatic carbocycles. The molecule has 0 bridgehead atoms. The van der Waals surface area contributed by atoms with Gasteiger partial charge in [-0.3, -0.25) is 4.98 Å². The Labute approximate surface area is 165 Å². The van der Waals surface area contributed by atoms with Crippen LogP contribution in [-0.4, -0.2) is 54.1 Å². The van der Waals surface area contributed by atoms with E-state index in [0.29, 0.717) is 11.8 Å². The Morgan fingerprint density at radius 3 is 2.57 bits per heavy atom. The number of pyridine rings is 1. The van der Waals surface area contributed by atoms with Gasteiger partial charge >= 0.3 is 0 Å². The first-order valence-electron chi connectivity index (χ1n) is 9.25. The van der Waals surface area contributed by atoms with Gasteiger partial charge in [-0.05, 0) is 51.3 Å². The highest BCUT2D eigenvalue weighted by molar-refractivity contribution is 5.68. The molecule has 0 aliphatic rings. The van der Waals surface area contributed by atoms with Crippen molar-refractivity contribution in [2.24, 2.45) is 0 Å². The predicted octanol–water partition coefficient (Wildman–Crippen LogP) is 3.65. The zero-order valence-electron chi connectivity index (χ0n) is 16.5. The van der Waals surface area contributed by atoms with Crippen molar-refractivity contribution >= 4 is 17.5 Å². The Morgan fingerprint density at radius 2 is 1.82 bits per heavy atom. The molecule has 0 saturated carbocycles. The molecule has 0 unspecified atom stereocenters. The van der Waals surface area contributed by atoms with Gasteiger partial charge < -0.3 is 20.3 Å². The van der Waals surface area contributed by atoms with Crippen LogP contribution >= 0.6 is 0 Å². The summed E-state index contributed by atoms with van der Waals surface area (Å²) < 4.78 is 5.43. The molecule has 0 saturated heterocycles. The number of hydrogen-bond acceptors (Lipinski definition) is 7. The van der Waals surface area contributed by atoms with E-state index in [0.717, 1.165) is 42.3 Å². The number of ether oxygens (including phenoxy) is 1. The molecule has 0 atom stereocenters. The molecule has 0 aliphatic heterocycles. The summed E-state index contributed by atoms with van der Waals surface area (Å²) >= 11 is 0. The molecular weight excluding hydrogens is 352 g/mol. The first-order valence-corrected chi connectivity index (χ1v) is 9.25. The van der Waals surface area contributed by atoms with Crippen LogP contribution < -0.4 is 15.4 Å². The summed E-state index contributed by atoms with van der Waals surface area (Å²) in [5, 5.41) is 6.65. The van der Waals surface area contributed by atoms with Gasteiger partial charge in [-0.25, -0.2) is 4.98 Å². The van der Waals surface area contributed by atoms with Gasteiger partial charge in [0, 0.05) is 18.8 Å². The van der Waals surface area contributed by atoms with E-state index in [1.807, 2.05) is 48.5 Å². The van der Waals surface area contributed by atoms with E-state index >= 15 is 0 Å². The molecular formula is C21H26N6O. The van der Waals surface area contributed by atoms with Crippen LogP contribution in [-0.2, 0) is 0 Å². The highest BCUT2D eigenvalue weighted by Crippen LogP contribution is 2.28. The standard InChI is InChI=1S/C21H26N6O/c1-27(2)14-8-13-23-21-25-18(16-9-6-7-12-22-16)15-20(26-21)24-17-10-4-5-11-19(17)28-3/h4-7,9-12,15H,8,13-14H2,1-3H3,(H2,23,24,25,26). The van der Waals surface area contributed by atoms with Gasteiger partial charge in [-0.1, -0.05) is 18.2 Å². The molecule has 7 nitrogen and oxygen atoms in total. The third kappa shape index (κ3) is 5.40. The summed E-state index contributed by atoms with van der Waals surface area (Å²) in [4.78, 5) is 15.8. The zero-order valence-corrected chi connectivity index (χ0v) is 16.5. The fourth-order valence-electron chi connectivity index (χ4n) is 2.72. The number of nitrogens with one attached hydrogen (secondary N) is 2. The summed E-state index contributed by atoms with van der Waals surface area (Å²) in [5.74, 6) is 2.00. The molecule has 0 amide bonds. The van der Waals surface area contributed by atoms with Crippen LogP contribution in [0.3, 0.4) is 0 Å². The fraction of sp³-hybridized carbons (Fsp3) is 0.286. The fourth-order valence-corrected chi connectivity index (χ4v) is 2.72. The van der Waals surface area contributed by atoms with Crippen LogP contribution in [0.1, 0.15) is 6.42 Å². The van der Waals surface area contributed by atoms with E-state index in [4.69, 9.17) is 4.74 Å². The van der Waals surface area contributed by atoms with Crippen molar-refractivity contribution in [1.29, 1.82) is 0 Å². The highest BCUT2D eigenvalue weighted by atomic mass is 16.5. The molecule has 1 aromatic carbocycles. The average molecular weight is 378 g/mol. The van der Waals surface area contributed by atoms with Gasteiger partial charge in [0.2, 0.25) is 5.95 Å². The Balaban J connectivity index is 1.86. The second kappa shape index (κ2) is 9.66. The molecule has 3 rings (SSSR count). The summed E-state index contributed by atoms with van der Waals surface area (Å²) in [5.41, 5.74) is 2.39. The van der Waals surface area contributed by atoms with E-state index in [2.05, 4.69) is 44.6 Å². The minimum absolute atomic E-state index is 0.569. The lowest BCUT2D eigenvalue weighted by Crippen LogP contribution is -2.17. The van der Waals surface area contributed by atoms with E-state index in [1.54, 1.807) is 13.3 Å². The lowest BCUT2D eigenvalue weighted by molar-refractivity contribution is 0.405. The average Bonchev–Trinajstić information content (AvgIpc) is 2.72. The van der Waals surface area contributed by atoms with Crippen LogP contribution in [0, 0.1) is 0 Å². The number of methoxy groups -OCH3 is 1. The van der Waals surface area contributed by atoms with Crippen molar-refractivity contribution in [2.75, 3.05) is 44.9 Å². The predicted molar refractivity (Wildman–Crippen MR) is 113 cm³/mol. The van der Waals surface area contributed by atoms with E-state index in [9.17, 15) is 0 Å². The van der Waals surface area contributed by atoms with Gasteiger partial charge in [-0.2, -0.15) is 4.98 Å². The monoisotopic (exact) mass is 378 g/mol. The highest BCUT2D eigenvalue weighted by Gasteiger charge is 2.10. The molecule has 0 spiro atoms. The van der Waals surface area contributed by atoms with E-state index in [1.165, 1.54) is 0 Å². The molecule has 0 radical (unpaired) electrons. The molecule has 2 aromatic heterocycles. The molecule has 146 valence electrons. The van der Waals surface area contributed by atoms with Crippen molar-refractivity contribution in [2.45, 2.75) is 6.42 Å². The van der Waals surface area contributed by atoms with Gasteiger partial charge in [0.15, 0.2) is 0 Å². The number of anilines is 3. The quantitative estimate of drug-likeness (QED) is 0.550. The van der Waals surface area contributed by atoms with Crippen molar-refractivity contribution in [1.82, 2.24) is 19.9 Å². The molecule has 3 aromatic rings. The van der Waals surface area contributed by atoms with E-state index < -0.39 is 0 Å². The number of hydrogen-bond donors (Lipinski definition) is 2. The third-order valence-corrected chi connectivity index (χ3v) is 4.09. The van der Waals surface area contributed by atoms with Crippen LogP contribution in [0.2, 0.25) is 0 Å². The van der Waals surface area contributed by atoms with Crippen LogP contribution in [0.4, 0.5) is 17.5 Å². The normalized spacial score (nSPS) is 10.7. The number of rotatable bonds is 9. The van der Waals surface area contributed by atoms with Crippen molar-refractivity contribution < 1.29 is 4.74 Å². The smallest absolute Gasteiger partial charge is 0.225 e. The minimum Gasteiger partial charge on any atom is -0.495 e. The molecule has 2 N–H and O–H groups in total. The Bertz CT molecular complexity index is 885. The molecule has 7 heteroatoms. The van der Waals surface area contributed by atoms with Gasteiger partial charge in [-0.15, -0.1) is 0 Å². The van der Waals surface area contributed by atoms with Gasteiger partial charge in [0.1, 0.15) is 11.6 Å². The Morgan fingerprint density at radius 1 is 1.00 bits per heavy atom. The first-order chi connectivity index (χ1) is 13.7. The summed E-state index contributed by atoms with van der Waals surface area (Å²) in [6, 6.07) is 15.4. The number of para-hydroxylation sites is 2. The summed E-state index contributed by atoms with van der Waals surface area (Å²) in [7, 11) is 5.78. The first kappa shape index (κ1) is 19.6. The maximum atomic E-state index is 5.43. The zero-order chi connectivity index (χ0) is 19.8. The number of aromatic nitrogens is 3. The van der Waals surface area contributed by atoms with Crippen LogP contribution in [0.25, 0.3) is 11.4 Å². The molecule has 0 fully saturated rings.